The lowest BCUT2D eigenvalue weighted by Gasteiger charge is -2.06. The number of para-hydroxylation sites is 1. The highest BCUT2D eigenvalue weighted by Crippen LogP contribution is 2.31. The number of carbonyl (C=O) groups is 1. The minimum Gasteiger partial charge on any atom is -0.506 e. The topological polar surface area (TPSA) is 66.6 Å². The van der Waals surface area contributed by atoms with Gasteiger partial charge in [-0.2, -0.15) is 5.10 Å². The van der Waals surface area contributed by atoms with Crippen molar-refractivity contribution in [3.05, 3.63) is 62.2 Å². The van der Waals surface area contributed by atoms with E-state index in [-0.39, 0.29) is 11.3 Å². The van der Waals surface area contributed by atoms with E-state index in [4.69, 9.17) is 0 Å². The van der Waals surface area contributed by atoms with E-state index in [1.807, 2.05) is 38.2 Å². The number of hydrazone groups is 1. The second-order valence-electron chi connectivity index (χ2n) is 5.56. The van der Waals surface area contributed by atoms with E-state index >= 15 is 0 Å². The van der Waals surface area contributed by atoms with Crippen molar-refractivity contribution in [3.63, 3.8) is 0 Å². The Balaban J connectivity index is 1.88. The van der Waals surface area contributed by atoms with Crippen LogP contribution in [0, 0.1) is 6.92 Å². The molecule has 0 bridgehead atoms. The number of hydrogen-bond donors (Lipinski definition) is 2. The van der Waals surface area contributed by atoms with Crippen molar-refractivity contribution < 1.29 is 9.90 Å². The molecule has 0 atom stereocenters. The van der Waals surface area contributed by atoms with E-state index in [9.17, 15) is 9.90 Å². The van der Waals surface area contributed by atoms with Crippen molar-refractivity contribution in [2.45, 2.75) is 6.92 Å². The molecule has 5 nitrogen and oxygen atoms in total. The number of benzene rings is 2. The summed E-state index contributed by atoms with van der Waals surface area (Å²) in [7, 11) is 1.99. The van der Waals surface area contributed by atoms with Crippen molar-refractivity contribution in [3.8, 4) is 5.75 Å². The van der Waals surface area contributed by atoms with E-state index < -0.39 is 5.91 Å². The van der Waals surface area contributed by atoms with Crippen LogP contribution in [0.15, 0.2) is 50.4 Å². The van der Waals surface area contributed by atoms with Crippen LogP contribution >= 0.6 is 31.9 Å². The van der Waals surface area contributed by atoms with Crippen molar-refractivity contribution in [2.24, 2.45) is 12.1 Å². The zero-order valence-electron chi connectivity index (χ0n) is 13.5. The largest absolute Gasteiger partial charge is 0.506 e. The Morgan fingerprint density at radius 1 is 1.28 bits per heavy atom. The lowest BCUT2D eigenvalue weighted by molar-refractivity contribution is 0.0952. The molecule has 1 aromatic heterocycles. The highest BCUT2D eigenvalue weighted by atomic mass is 79.9. The summed E-state index contributed by atoms with van der Waals surface area (Å²) >= 11 is 6.51. The molecule has 0 aliphatic heterocycles. The van der Waals surface area contributed by atoms with Crippen molar-refractivity contribution in [1.29, 1.82) is 0 Å². The molecule has 3 rings (SSSR count). The molecular weight excluding hydrogens is 450 g/mol. The first-order chi connectivity index (χ1) is 11.9. The van der Waals surface area contributed by atoms with Crippen LogP contribution in [-0.2, 0) is 7.05 Å². The summed E-state index contributed by atoms with van der Waals surface area (Å²) in [6, 6.07) is 11.2. The molecule has 0 saturated carbocycles. The lowest BCUT2D eigenvalue weighted by Crippen LogP contribution is -2.18. The molecule has 0 spiro atoms. The molecule has 7 heteroatoms. The third-order valence-electron chi connectivity index (χ3n) is 4.08. The number of aryl methyl sites for hydroxylation is 1. The van der Waals surface area contributed by atoms with Gasteiger partial charge in [0.2, 0.25) is 0 Å². The van der Waals surface area contributed by atoms with Crippen LogP contribution in [0.4, 0.5) is 0 Å². The van der Waals surface area contributed by atoms with Gasteiger partial charge in [0.1, 0.15) is 5.75 Å². The van der Waals surface area contributed by atoms with Gasteiger partial charge in [0, 0.05) is 33.7 Å². The third-order valence-corrected chi connectivity index (χ3v) is 5.14. The molecule has 1 heterocycles. The quantitative estimate of drug-likeness (QED) is 0.443. The molecule has 0 radical (unpaired) electrons. The Kier molecular flexibility index (Phi) is 4.96. The minimum atomic E-state index is -0.492. The molecule has 0 aliphatic carbocycles. The maximum atomic E-state index is 12.3. The summed E-state index contributed by atoms with van der Waals surface area (Å²) < 4.78 is 3.19. The van der Waals surface area contributed by atoms with Crippen LogP contribution in [-0.4, -0.2) is 21.8 Å². The number of halogens is 2. The maximum Gasteiger partial charge on any atom is 0.275 e. The van der Waals surface area contributed by atoms with E-state index in [0.717, 1.165) is 22.2 Å². The highest BCUT2D eigenvalue weighted by Gasteiger charge is 2.15. The summed E-state index contributed by atoms with van der Waals surface area (Å²) in [5.74, 6) is -0.620. The number of nitrogens with one attached hydrogen (secondary N) is 1. The average Bonchev–Trinajstić information content (AvgIpc) is 2.83. The van der Waals surface area contributed by atoms with Crippen LogP contribution < -0.4 is 5.43 Å². The second kappa shape index (κ2) is 7.01. The fraction of sp³-hybridized carbons (Fsp3) is 0.111. The summed E-state index contributed by atoms with van der Waals surface area (Å²) in [6.07, 6.45) is 1.62. The van der Waals surface area contributed by atoms with Crippen LogP contribution in [0.1, 0.15) is 21.6 Å². The van der Waals surface area contributed by atoms with Gasteiger partial charge in [-0.3, -0.25) is 4.79 Å². The Labute approximate surface area is 161 Å². The minimum absolute atomic E-state index is 0.128. The second-order valence-corrected chi connectivity index (χ2v) is 7.33. The molecule has 0 fully saturated rings. The van der Waals surface area contributed by atoms with Gasteiger partial charge in [0.15, 0.2) is 0 Å². The van der Waals surface area contributed by atoms with Crippen LogP contribution in [0.2, 0.25) is 0 Å². The number of aromatic nitrogens is 1. The number of amides is 1. The first-order valence-electron chi connectivity index (χ1n) is 7.45. The van der Waals surface area contributed by atoms with Gasteiger partial charge < -0.3 is 9.67 Å². The molecule has 25 heavy (non-hydrogen) atoms. The number of phenolic OH excluding ortho intramolecular Hbond substituents is 1. The number of phenols is 1. The maximum absolute atomic E-state index is 12.3. The van der Waals surface area contributed by atoms with Gasteiger partial charge in [-0.15, -0.1) is 0 Å². The Morgan fingerprint density at radius 2 is 2.00 bits per heavy atom. The van der Waals surface area contributed by atoms with Crippen LogP contribution in [0.5, 0.6) is 5.75 Å². The fourth-order valence-electron chi connectivity index (χ4n) is 2.67. The van der Waals surface area contributed by atoms with Crippen LogP contribution in [0.3, 0.4) is 0 Å². The SMILES string of the molecule is Cc1c(/C=N/NC(=O)c2cc(Br)cc(Br)c2O)c2ccccc2n1C. The van der Waals surface area contributed by atoms with E-state index in [1.165, 1.54) is 6.07 Å². The molecule has 2 aromatic carbocycles. The molecule has 2 N–H and O–H groups in total. The first kappa shape index (κ1) is 17.7. The smallest absolute Gasteiger partial charge is 0.275 e. The fourth-order valence-corrected chi connectivity index (χ4v) is 3.89. The predicted octanol–water partition coefficient (Wildman–Crippen LogP) is 4.48. The number of hydrogen-bond acceptors (Lipinski definition) is 3. The third kappa shape index (κ3) is 3.34. The first-order valence-corrected chi connectivity index (χ1v) is 9.04. The van der Waals surface area contributed by atoms with Gasteiger partial charge >= 0.3 is 0 Å². The zero-order chi connectivity index (χ0) is 18.1. The number of rotatable bonds is 3. The number of carbonyl (C=O) groups excluding carboxylic acids is 1. The molecule has 128 valence electrons. The zero-order valence-corrected chi connectivity index (χ0v) is 16.7. The average molecular weight is 465 g/mol. The molecule has 3 aromatic rings. The van der Waals surface area contributed by atoms with E-state index in [0.29, 0.717) is 8.95 Å². The van der Waals surface area contributed by atoms with E-state index in [2.05, 4.69) is 47.0 Å². The number of fused-ring (bicyclic) bond motifs is 1. The van der Waals surface area contributed by atoms with Crippen molar-refractivity contribution in [1.82, 2.24) is 9.99 Å². The van der Waals surface area contributed by atoms with E-state index in [1.54, 1.807) is 12.3 Å². The van der Waals surface area contributed by atoms with Crippen LogP contribution in [0.25, 0.3) is 10.9 Å². The highest BCUT2D eigenvalue weighted by molar-refractivity contribution is 9.11. The van der Waals surface area contributed by atoms with Gasteiger partial charge in [0.05, 0.1) is 16.3 Å². The number of nitrogens with zero attached hydrogens (tertiary/aromatic N) is 2. The molecule has 1 amide bonds. The number of aromatic hydroxyl groups is 1. The Hall–Kier alpha value is -2.12. The molecule has 0 saturated heterocycles. The van der Waals surface area contributed by atoms with Gasteiger partial charge in [-0.05, 0) is 41.1 Å². The van der Waals surface area contributed by atoms with Crippen molar-refractivity contribution >= 4 is 54.9 Å². The normalized spacial score (nSPS) is 11.4. The summed E-state index contributed by atoms with van der Waals surface area (Å²) in [5.41, 5.74) is 5.69. The monoisotopic (exact) mass is 463 g/mol. The molecular formula is C18H15Br2N3O2. The summed E-state index contributed by atoms with van der Waals surface area (Å²) in [6.45, 7) is 2.00. The summed E-state index contributed by atoms with van der Waals surface area (Å²) in [4.78, 5) is 12.3. The Morgan fingerprint density at radius 3 is 2.76 bits per heavy atom. The predicted molar refractivity (Wildman–Crippen MR) is 106 cm³/mol. The lowest BCUT2D eigenvalue weighted by atomic mass is 10.1. The molecule has 0 aliphatic rings. The Bertz CT molecular complexity index is 1010. The summed E-state index contributed by atoms with van der Waals surface area (Å²) in [5, 5.41) is 15.1. The van der Waals surface area contributed by atoms with Gasteiger partial charge in [-0.1, -0.05) is 34.1 Å². The van der Waals surface area contributed by atoms with Gasteiger partial charge in [-0.25, -0.2) is 5.43 Å². The molecule has 0 unspecified atom stereocenters. The standard InChI is InChI=1S/C18H15Br2N3O2/c1-10-14(12-5-3-4-6-16(12)23(10)2)9-21-22-18(25)13-7-11(19)8-15(20)17(13)24/h3-9,24H,1-2H3,(H,22,25)/b21-9+. The van der Waals surface area contributed by atoms with Crippen molar-refractivity contribution in [2.75, 3.05) is 0 Å². The van der Waals surface area contributed by atoms with Gasteiger partial charge in [0.25, 0.3) is 5.91 Å².